The van der Waals surface area contributed by atoms with Gasteiger partial charge in [-0.15, -0.1) is 0 Å². The first kappa shape index (κ1) is 16.3. The summed E-state index contributed by atoms with van der Waals surface area (Å²) in [4.78, 5) is 23.0. The molecule has 6 nitrogen and oxygen atoms in total. The molecule has 0 saturated heterocycles. The van der Waals surface area contributed by atoms with E-state index < -0.39 is 0 Å². The van der Waals surface area contributed by atoms with E-state index in [-0.39, 0.29) is 11.8 Å². The van der Waals surface area contributed by atoms with Crippen LogP contribution in [0.25, 0.3) is 0 Å². The lowest BCUT2D eigenvalue weighted by Crippen LogP contribution is -2.37. The van der Waals surface area contributed by atoms with Crippen molar-refractivity contribution in [3.63, 3.8) is 0 Å². The standard InChI is InChI=1S/C16H24N4O2/c1-10(2)20-11(3)9-13(12(20)4)7-8-17-16(22)14-5-6-15(21)19-18-14/h9-10H,5-8H2,1-4H3,(H,17,22)(H,19,21). The van der Waals surface area contributed by atoms with E-state index in [2.05, 4.69) is 54.2 Å². The van der Waals surface area contributed by atoms with Gasteiger partial charge in [-0.2, -0.15) is 5.10 Å². The summed E-state index contributed by atoms with van der Waals surface area (Å²) >= 11 is 0. The van der Waals surface area contributed by atoms with Gasteiger partial charge in [0.05, 0.1) is 0 Å². The maximum absolute atomic E-state index is 12.0. The van der Waals surface area contributed by atoms with Crippen molar-refractivity contribution >= 4 is 17.5 Å². The molecule has 1 aliphatic heterocycles. The summed E-state index contributed by atoms with van der Waals surface area (Å²) < 4.78 is 2.30. The van der Waals surface area contributed by atoms with E-state index in [0.29, 0.717) is 31.1 Å². The van der Waals surface area contributed by atoms with Gasteiger partial charge in [-0.25, -0.2) is 5.43 Å². The minimum Gasteiger partial charge on any atom is -0.351 e. The minimum absolute atomic E-state index is 0.141. The normalized spacial score (nSPS) is 14.8. The Hall–Kier alpha value is -2.11. The van der Waals surface area contributed by atoms with Crippen LogP contribution in [0.5, 0.6) is 0 Å². The molecule has 1 aromatic rings. The molecule has 0 spiro atoms. The van der Waals surface area contributed by atoms with Crippen LogP contribution in [0.4, 0.5) is 0 Å². The third-order valence-electron chi connectivity index (χ3n) is 3.95. The summed E-state index contributed by atoms with van der Waals surface area (Å²) in [5.41, 5.74) is 6.49. The van der Waals surface area contributed by atoms with Crippen molar-refractivity contribution in [2.75, 3.05) is 6.54 Å². The number of hydrogen-bond donors (Lipinski definition) is 2. The topological polar surface area (TPSA) is 75.5 Å². The van der Waals surface area contributed by atoms with Crippen molar-refractivity contribution in [2.45, 2.75) is 53.0 Å². The molecular formula is C16H24N4O2. The number of hydrogen-bond acceptors (Lipinski definition) is 3. The lowest BCUT2D eigenvalue weighted by Gasteiger charge is -2.14. The Kier molecular flexibility index (Phi) is 5.00. The Bertz CT molecular complexity index is 614. The Balaban J connectivity index is 1.90. The van der Waals surface area contributed by atoms with Crippen molar-refractivity contribution in [3.8, 4) is 0 Å². The molecule has 0 aromatic carbocycles. The zero-order valence-electron chi connectivity index (χ0n) is 13.7. The molecule has 120 valence electrons. The van der Waals surface area contributed by atoms with E-state index in [4.69, 9.17) is 0 Å². The molecule has 2 amide bonds. The molecule has 6 heteroatoms. The molecule has 0 saturated carbocycles. The van der Waals surface area contributed by atoms with Gasteiger partial charge in [0.1, 0.15) is 5.71 Å². The van der Waals surface area contributed by atoms with Gasteiger partial charge in [0, 0.05) is 36.8 Å². The van der Waals surface area contributed by atoms with Crippen LogP contribution < -0.4 is 10.7 Å². The number of carbonyl (C=O) groups excluding carboxylic acids is 2. The predicted octanol–water partition coefficient (Wildman–Crippen LogP) is 1.61. The first-order valence-electron chi connectivity index (χ1n) is 7.71. The van der Waals surface area contributed by atoms with E-state index in [9.17, 15) is 9.59 Å². The Morgan fingerprint density at radius 2 is 2.14 bits per heavy atom. The SMILES string of the molecule is Cc1cc(CCNC(=O)C2=NNC(=O)CC2)c(C)n1C(C)C. The van der Waals surface area contributed by atoms with Crippen LogP contribution in [0.2, 0.25) is 0 Å². The van der Waals surface area contributed by atoms with Crippen molar-refractivity contribution in [1.29, 1.82) is 0 Å². The first-order valence-corrected chi connectivity index (χ1v) is 7.71. The Morgan fingerprint density at radius 3 is 2.68 bits per heavy atom. The monoisotopic (exact) mass is 304 g/mol. The zero-order valence-corrected chi connectivity index (χ0v) is 13.7. The van der Waals surface area contributed by atoms with E-state index >= 15 is 0 Å². The molecule has 2 rings (SSSR count). The molecule has 0 radical (unpaired) electrons. The highest BCUT2D eigenvalue weighted by Crippen LogP contribution is 2.20. The van der Waals surface area contributed by atoms with Crippen molar-refractivity contribution in [3.05, 3.63) is 23.0 Å². The number of nitrogens with one attached hydrogen (secondary N) is 2. The molecule has 0 aliphatic carbocycles. The lowest BCUT2D eigenvalue weighted by atomic mass is 10.1. The molecule has 0 bridgehead atoms. The number of aromatic nitrogens is 1. The zero-order chi connectivity index (χ0) is 16.3. The number of aryl methyl sites for hydroxylation is 1. The van der Waals surface area contributed by atoms with Gasteiger partial charge in [-0.3, -0.25) is 9.59 Å². The second-order valence-electron chi connectivity index (χ2n) is 5.96. The average Bonchev–Trinajstić information content (AvgIpc) is 2.74. The van der Waals surface area contributed by atoms with E-state index in [0.717, 1.165) is 6.42 Å². The number of nitrogens with zero attached hydrogens (tertiary/aromatic N) is 2. The van der Waals surface area contributed by atoms with Gasteiger partial charge in [0.25, 0.3) is 5.91 Å². The largest absolute Gasteiger partial charge is 0.351 e. The fourth-order valence-electron chi connectivity index (χ4n) is 2.94. The van der Waals surface area contributed by atoms with Gasteiger partial charge in [-0.05, 0) is 45.7 Å². The molecule has 22 heavy (non-hydrogen) atoms. The second-order valence-corrected chi connectivity index (χ2v) is 5.96. The predicted molar refractivity (Wildman–Crippen MR) is 85.8 cm³/mol. The summed E-state index contributed by atoms with van der Waals surface area (Å²) in [5.74, 6) is -0.338. The Labute approximate surface area is 131 Å². The molecule has 1 aromatic heterocycles. The van der Waals surface area contributed by atoms with Crippen LogP contribution in [0.15, 0.2) is 11.2 Å². The van der Waals surface area contributed by atoms with Gasteiger partial charge in [0.15, 0.2) is 0 Å². The van der Waals surface area contributed by atoms with Crippen molar-refractivity contribution in [1.82, 2.24) is 15.3 Å². The summed E-state index contributed by atoms with van der Waals surface area (Å²) in [6.45, 7) is 9.12. The molecule has 0 unspecified atom stereocenters. The molecule has 0 fully saturated rings. The summed E-state index contributed by atoms with van der Waals surface area (Å²) in [6, 6.07) is 2.61. The summed E-state index contributed by atoms with van der Waals surface area (Å²) in [7, 11) is 0. The Morgan fingerprint density at radius 1 is 1.41 bits per heavy atom. The van der Waals surface area contributed by atoms with E-state index in [1.165, 1.54) is 17.0 Å². The van der Waals surface area contributed by atoms with Gasteiger partial charge in [-0.1, -0.05) is 0 Å². The minimum atomic E-state index is -0.197. The number of rotatable bonds is 5. The molecule has 2 heterocycles. The van der Waals surface area contributed by atoms with Crippen LogP contribution in [-0.2, 0) is 16.0 Å². The third kappa shape index (κ3) is 3.55. The van der Waals surface area contributed by atoms with Crippen molar-refractivity contribution in [2.24, 2.45) is 5.10 Å². The van der Waals surface area contributed by atoms with Crippen LogP contribution in [0, 0.1) is 13.8 Å². The maximum atomic E-state index is 12.0. The molecule has 1 aliphatic rings. The van der Waals surface area contributed by atoms with Gasteiger partial charge in [0.2, 0.25) is 5.91 Å². The van der Waals surface area contributed by atoms with Crippen LogP contribution in [-0.4, -0.2) is 28.6 Å². The van der Waals surface area contributed by atoms with Crippen LogP contribution >= 0.6 is 0 Å². The van der Waals surface area contributed by atoms with Gasteiger partial charge < -0.3 is 9.88 Å². The number of amides is 2. The molecular weight excluding hydrogens is 280 g/mol. The van der Waals surface area contributed by atoms with Crippen LogP contribution in [0.3, 0.4) is 0 Å². The summed E-state index contributed by atoms with van der Waals surface area (Å²) in [6.07, 6.45) is 1.51. The first-order chi connectivity index (χ1) is 10.4. The smallest absolute Gasteiger partial charge is 0.267 e. The van der Waals surface area contributed by atoms with E-state index in [1.54, 1.807) is 0 Å². The fourth-order valence-corrected chi connectivity index (χ4v) is 2.94. The molecule has 2 N–H and O–H groups in total. The highest BCUT2D eigenvalue weighted by atomic mass is 16.2. The molecule has 0 atom stereocenters. The van der Waals surface area contributed by atoms with Crippen molar-refractivity contribution < 1.29 is 9.59 Å². The highest BCUT2D eigenvalue weighted by Gasteiger charge is 2.18. The maximum Gasteiger partial charge on any atom is 0.267 e. The van der Waals surface area contributed by atoms with Gasteiger partial charge >= 0.3 is 0 Å². The lowest BCUT2D eigenvalue weighted by molar-refractivity contribution is -0.121. The quantitative estimate of drug-likeness (QED) is 0.867. The average molecular weight is 304 g/mol. The number of carbonyl (C=O) groups is 2. The second kappa shape index (κ2) is 6.77. The van der Waals surface area contributed by atoms with E-state index in [1.807, 2.05) is 0 Å². The number of hydrazone groups is 1. The van der Waals surface area contributed by atoms with Crippen LogP contribution in [0.1, 0.15) is 49.7 Å². The fraction of sp³-hybridized carbons (Fsp3) is 0.562. The summed E-state index contributed by atoms with van der Waals surface area (Å²) in [5, 5.41) is 6.67. The highest BCUT2D eigenvalue weighted by molar-refractivity contribution is 6.39. The third-order valence-corrected chi connectivity index (χ3v) is 3.95.